The molecule has 0 saturated heterocycles. The van der Waals surface area contributed by atoms with Crippen molar-refractivity contribution in [3.05, 3.63) is 65.9 Å². The zero-order chi connectivity index (χ0) is 17.9. The van der Waals surface area contributed by atoms with Crippen LogP contribution in [0.2, 0.25) is 0 Å². The molecule has 4 rings (SSSR count). The van der Waals surface area contributed by atoms with Gasteiger partial charge in [-0.05, 0) is 42.3 Å². The van der Waals surface area contributed by atoms with E-state index in [9.17, 15) is 9.18 Å². The molecule has 7 heteroatoms. The van der Waals surface area contributed by atoms with Crippen LogP contribution in [-0.4, -0.2) is 34.2 Å². The summed E-state index contributed by atoms with van der Waals surface area (Å²) in [5.74, 6) is -0.480. The van der Waals surface area contributed by atoms with Gasteiger partial charge >= 0.3 is 0 Å². The van der Waals surface area contributed by atoms with Crippen molar-refractivity contribution in [2.45, 2.75) is 18.9 Å². The molecular formula is C19H17FN4O2. The lowest BCUT2D eigenvalue weighted by Gasteiger charge is -2.09. The van der Waals surface area contributed by atoms with Crippen LogP contribution in [0.25, 0.3) is 10.9 Å². The Morgan fingerprint density at radius 2 is 2.15 bits per heavy atom. The molecule has 1 amide bonds. The molecule has 0 bridgehead atoms. The van der Waals surface area contributed by atoms with E-state index in [0.717, 1.165) is 27.7 Å². The van der Waals surface area contributed by atoms with Crippen LogP contribution in [-0.2, 0) is 16.1 Å². The van der Waals surface area contributed by atoms with E-state index in [1.54, 1.807) is 18.5 Å². The second-order valence-corrected chi connectivity index (χ2v) is 6.12. The van der Waals surface area contributed by atoms with Gasteiger partial charge in [-0.15, -0.1) is 0 Å². The summed E-state index contributed by atoms with van der Waals surface area (Å²) in [4.78, 5) is 24.6. The van der Waals surface area contributed by atoms with E-state index in [1.807, 2.05) is 18.3 Å². The van der Waals surface area contributed by atoms with Gasteiger partial charge in [0.1, 0.15) is 5.82 Å². The van der Waals surface area contributed by atoms with Crippen molar-refractivity contribution in [1.29, 1.82) is 0 Å². The summed E-state index contributed by atoms with van der Waals surface area (Å²) < 4.78 is 13.4. The van der Waals surface area contributed by atoms with Crippen LogP contribution in [0, 0.1) is 5.82 Å². The lowest BCUT2D eigenvalue weighted by atomic mass is 10.1. The highest BCUT2D eigenvalue weighted by Crippen LogP contribution is 2.20. The number of rotatable bonds is 5. The summed E-state index contributed by atoms with van der Waals surface area (Å²) in [5, 5.41) is 7.69. The Bertz CT molecular complexity index is 968. The van der Waals surface area contributed by atoms with E-state index in [4.69, 9.17) is 4.84 Å². The molecule has 6 nitrogen and oxygen atoms in total. The Labute approximate surface area is 149 Å². The molecule has 2 N–H and O–H groups in total. The second-order valence-electron chi connectivity index (χ2n) is 6.12. The number of hydrogen-bond donors (Lipinski definition) is 2. The molecule has 0 fully saturated rings. The van der Waals surface area contributed by atoms with Crippen molar-refractivity contribution in [3.63, 3.8) is 0 Å². The number of halogens is 1. The normalized spacial score (nSPS) is 16.3. The van der Waals surface area contributed by atoms with Gasteiger partial charge in [-0.3, -0.25) is 9.78 Å². The average Bonchev–Trinajstić information content (AvgIpc) is 3.30. The molecular weight excluding hydrogens is 335 g/mol. The maximum atomic E-state index is 13.4. The van der Waals surface area contributed by atoms with Crippen molar-refractivity contribution in [1.82, 2.24) is 15.3 Å². The van der Waals surface area contributed by atoms with Crippen LogP contribution < -0.4 is 5.32 Å². The first-order chi connectivity index (χ1) is 12.7. The van der Waals surface area contributed by atoms with Gasteiger partial charge in [-0.2, -0.15) is 0 Å². The molecule has 3 heterocycles. The Morgan fingerprint density at radius 3 is 3.00 bits per heavy atom. The number of hydrogen-bond acceptors (Lipinski definition) is 4. The Balaban J connectivity index is 1.31. The van der Waals surface area contributed by atoms with E-state index in [2.05, 4.69) is 20.4 Å². The van der Waals surface area contributed by atoms with Crippen molar-refractivity contribution in [2.75, 3.05) is 6.54 Å². The minimum atomic E-state index is -0.626. The fraction of sp³-hybridized carbons (Fsp3) is 0.211. The van der Waals surface area contributed by atoms with Crippen molar-refractivity contribution >= 4 is 22.5 Å². The van der Waals surface area contributed by atoms with Gasteiger partial charge in [0.15, 0.2) is 0 Å². The summed E-state index contributed by atoms with van der Waals surface area (Å²) >= 11 is 0. The number of oxime groups is 1. The van der Waals surface area contributed by atoms with E-state index in [0.29, 0.717) is 19.4 Å². The van der Waals surface area contributed by atoms with Gasteiger partial charge in [0, 0.05) is 48.0 Å². The molecule has 0 radical (unpaired) electrons. The molecule has 0 aliphatic carbocycles. The SMILES string of the molecule is O=C(NCCc1c[nH]c2ccc(F)cc12)[C@@H]1CC(c2ccncc2)=NO1. The highest BCUT2D eigenvalue weighted by atomic mass is 19.1. The summed E-state index contributed by atoms with van der Waals surface area (Å²) in [6.45, 7) is 0.437. The van der Waals surface area contributed by atoms with Crippen LogP contribution in [0.15, 0.2) is 54.1 Å². The van der Waals surface area contributed by atoms with Crippen LogP contribution in [0.4, 0.5) is 4.39 Å². The average molecular weight is 352 g/mol. The molecule has 1 atom stereocenters. The molecule has 1 aromatic carbocycles. The quantitative estimate of drug-likeness (QED) is 0.741. The van der Waals surface area contributed by atoms with Crippen LogP contribution >= 0.6 is 0 Å². The summed E-state index contributed by atoms with van der Waals surface area (Å²) in [6.07, 6.45) is 5.59. The zero-order valence-corrected chi connectivity index (χ0v) is 13.9. The monoisotopic (exact) mass is 352 g/mol. The van der Waals surface area contributed by atoms with E-state index in [-0.39, 0.29) is 11.7 Å². The molecule has 0 saturated carbocycles. The number of fused-ring (bicyclic) bond motifs is 1. The van der Waals surface area contributed by atoms with Crippen molar-refractivity contribution in [3.8, 4) is 0 Å². The number of nitrogens with one attached hydrogen (secondary N) is 2. The lowest BCUT2D eigenvalue weighted by molar-refractivity contribution is -0.131. The Morgan fingerprint density at radius 1 is 1.31 bits per heavy atom. The van der Waals surface area contributed by atoms with E-state index >= 15 is 0 Å². The first-order valence-corrected chi connectivity index (χ1v) is 8.37. The molecule has 1 aliphatic heterocycles. The first kappa shape index (κ1) is 16.3. The third-order valence-corrected chi connectivity index (χ3v) is 4.40. The maximum absolute atomic E-state index is 13.4. The van der Waals surface area contributed by atoms with Crippen molar-refractivity contribution in [2.24, 2.45) is 5.16 Å². The largest absolute Gasteiger partial charge is 0.382 e. The zero-order valence-electron chi connectivity index (χ0n) is 13.9. The lowest BCUT2D eigenvalue weighted by Crippen LogP contribution is -2.35. The number of aromatic nitrogens is 2. The van der Waals surface area contributed by atoms with Crippen LogP contribution in [0.5, 0.6) is 0 Å². The van der Waals surface area contributed by atoms with Gasteiger partial charge in [0.05, 0.1) is 5.71 Å². The third-order valence-electron chi connectivity index (χ3n) is 4.40. The molecule has 1 aliphatic rings. The molecule has 2 aromatic heterocycles. The Hall–Kier alpha value is -3.22. The predicted octanol–water partition coefficient (Wildman–Crippen LogP) is 2.55. The fourth-order valence-electron chi connectivity index (χ4n) is 3.02. The van der Waals surface area contributed by atoms with Crippen LogP contribution in [0.3, 0.4) is 0 Å². The van der Waals surface area contributed by atoms with E-state index < -0.39 is 6.10 Å². The standard InChI is InChI=1S/C19H17FN4O2/c20-14-1-2-16-15(9-14)13(11-23-16)5-8-22-19(25)18-10-17(24-26-18)12-3-6-21-7-4-12/h1-4,6-7,9,11,18,23H,5,8,10H2,(H,22,25)/t18-/m0/s1. The number of aromatic amines is 1. The number of pyridine rings is 1. The fourth-order valence-corrected chi connectivity index (χ4v) is 3.02. The van der Waals surface area contributed by atoms with Gasteiger partial charge in [-0.25, -0.2) is 4.39 Å². The number of nitrogens with zero attached hydrogens (tertiary/aromatic N) is 2. The third kappa shape index (κ3) is 3.28. The number of carbonyl (C=O) groups excluding carboxylic acids is 1. The number of amides is 1. The number of H-pyrrole nitrogens is 1. The minimum Gasteiger partial charge on any atom is -0.382 e. The topological polar surface area (TPSA) is 79.4 Å². The minimum absolute atomic E-state index is 0.205. The summed E-state index contributed by atoms with van der Waals surface area (Å²) in [6, 6.07) is 8.29. The molecule has 3 aromatic rings. The molecule has 132 valence electrons. The molecule has 0 unspecified atom stereocenters. The molecule has 0 spiro atoms. The van der Waals surface area contributed by atoms with Gasteiger partial charge in [-0.1, -0.05) is 5.16 Å². The predicted molar refractivity (Wildman–Crippen MR) is 95.2 cm³/mol. The number of carbonyl (C=O) groups is 1. The summed E-state index contributed by atoms with van der Waals surface area (Å²) in [5.41, 5.74) is 3.47. The second kappa shape index (κ2) is 6.95. The maximum Gasteiger partial charge on any atom is 0.264 e. The summed E-state index contributed by atoms with van der Waals surface area (Å²) in [7, 11) is 0. The smallest absolute Gasteiger partial charge is 0.264 e. The van der Waals surface area contributed by atoms with Crippen molar-refractivity contribution < 1.29 is 14.0 Å². The van der Waals surface area contributed by atoms with Gasteiger partial charge in [0.25, 0.3) is 5.91 Å². The van der Waals surface area contributed by atoms with E-state index in [1.165, 1.54) is 12.1 Å². The highest BCUT2D eigenvalue weighted by Gasteiger charge is 2.28. The Kier molecular flexibility index (Phi) is 4.35. The van der Waals surface area contributed by atoms with Gasteiger partial charge < -0.3 is 15.1 Å². The number of benzene rings is 1. The molecule has 26 heavy (non-hydrogen) atoms. The first-order valence-electron chi connectivity index (χ1n) is 8.37. The van der Waals surface area contributed by atoms with Gasteiger partial charge in [0.2, 0.25) is 6.10 Å². The highest BCUT2D eigenvalue weighted by molar-refractivity contribution is 6.03. The van der Waals surface area contributed by atoms with Crippen LogP contribution in [0.1, 0.15) is 17.5 Å².